The van der Waals surface area contributed by atoms with Crippen LogP contribution in [0.1, 0.15) is 36.1 Å². The van der Waals surface area contributed by atoms with E-state index in [0.29, 0.717) is 23.0 Å². The molecule has 1 aliphatic rings. The van der Waals surface area contributed by atoms with Crippen LogP contribution in [-0.2, 0) is 4.79 Å². The minimum absolute atomic E-state index is 0.122. The van der Waals surface area contributed by atoms with Crippen LogP contribution < -0.4 is 5.43 Å². The number of hydrogen-bond donors (Lipinski definition) is 0. The topological polar surface area (TPSA) is 62.9 Å². The van der Waals surface area contributed by atoms with Crippen molar-refractivity contribution >= 4 is 22.6 Å². The van der Waals surface area contributed by atoms with Gasteiger partial charge in [-0.25, -0.2) is 5.01 Å². The van der Waals surface area contributed by atoms with Gasteiger partial charge in [0, 0.05) is 13.3 Å². The highest BCUT2D eigenvalue weighted by Gasteiger charge is 2.33. The molecule has 0 spiro atoms. The predicted octanol–water partition coefficient (Wildman–Crippen LogP) is 3.80. The minimum atomic E-state index is -0.454. The van der Waals surface area contributed by atoms with Crippen LogP contribution >= 0.6 is 0 Å². The van der Waals surface area contributed by atoms with Crippen molar-refractivity contribution in [2.75, 3.05) is 0 Å². The van der Waals surface area contributed by atoms with E-state index in [2.05, 4.69) is 5.10 Å². The van der Waals surface area contributed by atoms with E-state index in [4.69, 9.17) is 4.42 Å². The first-order valence-corrected chi connectivity index (χ1v) is 8.49. The molecule has 1 amide bonds. The Labute approximate surface area is 150 Å². The molecule has 2 heterocycles. The third kappa shape index (κ3) is 2.71. The van der Waals surface area contributed by atoms with Crippen LogP contribution in [0.4, 0.5) is 0 Å². The zero-order valence-corrected chi connectivity index (χ0v) is 14.6. The van der Waals surface area contributed by atoms with Crippen LogP contribution in [0.2, 0.25) is 0 Å². The van der Waals surface area contributed by atoms with E-state index in [1.165, 1.54) is 18.2 Å². The number of hydrazone groups is 1. The fourth-order valence-electron chi connectivity index (χ4n) is 3.29. The SMILES string of the molecule is CC(=O)N1N=C(c2ccc(C)cc2)CC1c1coc2ccccc2c1=O. The smallest absolute Gasteiger partial charge is 0.240 e. The molecule has 1 unspecified atom stereocenters. The van der Waals surface area contributed by atoms with Gasteiger partial charge in [-0.3, -0.25) is 9.59 Å². The predicted molar refractivity (Wildman–Crippen MR) is 100 cm³/mol. The summed E-state index contributed by atoms with van der Waals surface area (Å²) in [6.07, 6.45) is 1.94. The molecule has 1 atom stereocenters. The third-order valence-corrected chi connectivity index (χ3v) is 4.68. The molecule has 0 N–H and O–H groups in total. The summed E-state index contributed by atoms with van der Waals surface area (Å²) in [5, 5.41) is 6.38. The first kappa shape index (κ1) is 16.3. The maximum atomic E-state index is 12.9. The summed E-state index contributed by atoms with van der Waals surface area (Å²) in [4.78, 5) is 25.0. The molecule has 0 bridgehead atoms. The van der Waals surface area contributed by atoms with Gasteiger partial charge in [0.1, 0.15) is 11.8 Å². The molecular weight excluding hydrogens is 328 g/mol. The van der Waals surface area contributed by atoms with Crippen molar-refractivity contribution in [2.45, 2.75) is 26.3 Å². The van der Waals surface area contributed by atoms with E-state index < -0.39 is 6.04 Å². The minimum Gasteiger partial charge on any atom is -0.464 e. The second-order valence-corrected chi connectivity index (χ2v) is 6.51. The molecule has 0 radical (unpaired) electrons. The normalized spacial score (nSPS) is 16.8. The number of rotatable bonds is 2. The molecule has 3 aromatic rings. The molecule has 5 nitrogen and oxygen atoms in total. The highest BCUT2D eigenvalue weighted by molar-refractivity contribution is 6.03. The van der Waals surface area contributed by atoms with Gasteiger partial charge in [0.25, 0.3) is 0 Å². The van der Waals surface area contributed by atoms with E-state index in [-0.39, 0.29) is 11.3 Å². The van der Waals surface area contributed by atoms with Crippen molar-refractivity contribution in [3.8, 4) is 0 Å². The molecule has 26 heavy (non-hydrogen) atoms. The van der Waals surface area contributed by atoms with Crippen molar-refractivity contribution in [1.29, 1.82) is 0 Å². The maximum Gasteiger partial charge on any atom is 0.240 e. The fourth-order valence-corrected chi connectivity index (χ4v) is 3.29. The molecular formula is C21H18N2O3. The van der Waals surface area contributed by atoms with Crippen LogP contribution in [0.25, 0.3) is 11.0 Å². The Hall–Kier alpha value is -3.21. The average Bonchev–Trinajstić information content (AvgIpc) is 3.08. The van der Waals surface area contributed by atoms with Crippen LogP contribution in [0, 0.1) is 6.92 Å². The number of carbonyl (C=O) groups is 1. The lowest BCUT2D eigenvalue weighted by Crippen LogP contribution is -2.28. The number of fused-ring (bicyclic) bond motifs is 1. The molecule has 2 aromatic carbocycles. The van der Waals surface area contributed by atoms with Crippen molar-refractivity contribution in [3.63, 3.8) is 0 Å². The largest absolute Gasteiger partial charge is 0.464 e. The van der Waals surface area contributed by atoms with Gasteiger partial charge < -0.3 is 4.42 Å². The Morgan fingerprint density at radius 2 is 1.88 bits per heavy atom. The number of aryl methyl sites for hydroxylation is 1. The highest BCUT2D eigenvalue weighted by atomic mass is 16.3. The van der Waals surface area contributed by atoms with Crippen LogP contribution in [0.15, 0.2) is 69.1 Å². The number of benzene rings is 2. The summed E-state index contributed by atoms with van der Waals surface area (Å²) in [7, 11) is 0. The summed E-state index contributed by atoms with van der Waals surface area (Å²) in [6, 6.07) is 14.6. The van der Waals surface area contributed by atoms with Gasteiger partial charge in [0.05, 0.1) is 22.7 Å². The molecule has 130 valence electrons. The zero-order valence-electron chi connectivity index (χ0n) is 14.6. The van der Waals surface area contributed by atoms with E-state index in [0.717, 1.165) is 16.8 Å². The van der Waals surface area contributed by atoms with Gasteiger partial charge in [0.2, 0.25) is 5.91 Å². The zero-order chi connectivity index (χ0) is 18.3. The molecule has 4 rings (SSSR count). The molecule has 0 saturated carbocycles. The monoisotopic (exact) mass is 346 g/mol. The lowest BCUT2D eigenvalue weighted by Gasteiger charge is -2.19. The lowest BCUT2D eigenvalue weighted by atomic mass is 9.98. The second kappa shape index (κ2) is 6.26. The van der Waals surface area contributed by atoms with Crippen molar-refractivity contribution in [1.82, 2.24) is 5.01 Å². The van der Waals surface area contributed by atoms with Gasteiger partial charge in [0.15, 0.2) is 5.43 Å². The lowest BCUT2D eigenvalue weighted by molar-refractivity contribution is -0.130. The first-order chi connectivity index (χ1) is 12.5. The quantitative estimate of drug-likeness (QED) is 0.709. The molecule has 1 aromatic heterocycles. The summed E-state index contributed by atoms with van der Waals surface area (Å²) in [5.41, 5.74) is 3.76. The molecule has 5 heteroatoms. The summed E-state index contributed by atoms with van der Waals surface area (Å²) in [6.45, 7) is 3.47. The van der Waals surface area contributed by atoms with Gasteiger partial charge in [-0.2, -0.15) is 5.10 Å². The average molecular weight is 346 g/mol. The Balaban J connectivity index is 1.77. The van der Waals surface area contributed by atoms with Crippen molar-refractivity contribution < 1.29 is 9.21 Å². The summed E-state index contributed by atoms with van der Waals surface area (Å²) in [5.74, 6) is -0.204. The van der Waals surface area contributed by atoms with E-state index >= 15 is 0 Å². The molecule has 0 saturated heterocycles. The Kier molecular flexibility index (Phi) is 3.92. The van der Waals surface area contributed by atoms with Crippen LogP contribution in [0.5, 0.6) is 0 Å². The Bertz CT molecular complexity index is 1080. The second-order valence-electron chi connectivity index (χ2n) is 6.51. The van der Waals surface area contributed by atoms with Crippen LogP contribution in [0.3, 0.4) is 0 Å². The van der Waals surface area contributed by atoms with Crippen molar-refractivity contribution in [3.05, 3.63) is 81.7 Å². The molecule has 1 aliphatic heterocycles. The summed E-state index contributed by atoms with van der Waals surface area (Å²) >= 11 is 0. The number of carbonyl (C=O) groups excluding carboxylic acids is 1. The number of para-hydroxylation sites is 1. The fraction of sp³-hybridized carbons (Fsp3) is 0.190. The van der Waals surface area contributed by atoms with Gasteiger partial charge >= 0.3 is 0 Å². The highest BCUT2D eigenvalue weighted by Crippen LogP contribution is 2.32. The molecule has 0 fully saturated rings. The van der Waals surface area contributed by atoms with Gasteiger partial charge in [-0.05, 0) is 24.6 Å². The number of hydrogen-bond acceptors (Lipinski definition) is 4. The first-order valence-electron chi connectivity index (χ1n) is 8.49. The maximum absolute atomic E-state index is 12.9. The van der Waals surface area contributed by atoms with E-state index in [1.807, 2.05) is 37.3 Å². The van der Waals surface area contributed by atoms with Gasteiger partial charge in [-0.15, -0.1) is 0 Å². The van der Waals surface area contributed by atoms with E-state index in [1.54, 1.807) is 18.2 Å². The number of nitrogens with zero attached hydrogens (tertiary/aromatic N) is 2. The van der Waals surface area contributed by atoms with Crippen LogP contribution in [-0.4, -0.2) is 16.6 Å². The summed E-state index contributed by atoms with van der Waals surface area (Å²) < 4.78 is 5.63. The molecule has 0 aliphatic carbocycles. The third-order valence-electron chi connectivity index (χ3n) is 4.68. The number of amides is 1. The van der Waals surface area contributed by atoms with Crippen molar-refractivity contribution in [2.24, 2.45) is 5.10 Å². The van der Waals surface area contributed by atoms with E-state index in [9.17, 15) is 9.59 Å². The Morgan fingerprint density at radius 1 is 1.15 bits per heavy atom. The standard InChI is InChI=1S/C21H18N2O3/c1-13-7-9-15(10-8-13)18-11-19(23(22-18)14(2)24)17-12-26-20-6-4-3-5-16(20)21(17)25/h3-10,12,19H,11H2,1-2H3. The van der Waals surface area contributed by atoms with Gasteiger partial charge in [-0.1, -0.05) is 42.0 Å². The Morgan fingerprint density at radius 3 is 2.62 bits per heavy atom.